The number of carbonyl (C=O) groups excluding carboxylic acids is 3. The van der Waals surface area contributed by atoms with Gasteiger partial charge in [0.1, 0.15) is 11.6 Å². The van der Waals surface area contributed by atoms with E-state index in [0.717, 1.165) is 43.4 Å². The summed E-state index contributed by atoms with van der Waals surface area (Å²) < 4.78 is 45.7. The Morgan fingerprint density at radius 2 is 1.72 bits per heavy atom. The van der Waals surface area contributed by atoms with Gasteiger partial charge in [0, 0.05) is 30.1 Å². The molecule has 8 nitrogen and oxygen atoms in total. The molecule has 1 heterocycles. The minimum absolute atomic E-state index is 0.0495. The van der Waals surface area contributed by atoms with Gasteiger partial charge < -0.3 is 20.3 Å². The van der Waals surface area contributed by atoms with Crippen LogP contribution < -0.4 is 16.0 Å². The minimum Gasteiger partial charge on any atom is -0.444 e. The highest BCUT2D eigenvalue weighted by Crippen LogP contribution is 2.33. The van der Waals surface area contributed by atoms with Crippen LogP contribution in [0.25, 0.3) is 0 Å². The van der Waals surface area contributed by atoms with Crippen LogP contribution in [0.2, 0.25) is 0 Å². The van der Waals surface area contributed by atoms with E-state index in [9.17, 15) is 27.6 Å². The summed E-state index contributed by atoms with van der Waals surface area (Å²) in [5.74, 6) is -1.14. The van der Waals surface area contributed by atoms with Crippen molar-refractivity contribution in [3.63, 3.8) is 0 Å². The standard InChI is InChI=1S/C31H39F3N4O4S/c1-30(2,3)42-29(41)37-23-14-11-20(31(32,33)34)17-22(23)27(39)36-25-15-16-38(28(25)40)26-8-6-5-7-24(26)35-18-19-9-12-21(43-4)13-10-19/h9-14,17,24-26,35H,5-8,15-16,18H2,1-4H3,(H,36,39)(H,37,41)/t24-,25-,26+/m0/s1. The first-order valence-electron chi connectivity index (χ1n) is 14.4. The Labute approximate surface area is 254 Å². The quantitative estimate of drug-likeness (QED) is 0.304. The lowest BCUT2D eigenvalue weighted by atomic mass is 9.89. The second-order valence-corrected chi connectivity index (χ2v) is 12.8. The molecule has 0 bridgehead atoms. The number of likely N-dealkylation sites (tertiary alicyclic amines) is 1. The lowest BCUT2D eigenvalue weighted by molar-refractivity contribution is -0.137. The number of rotatable bonds is 8. The summed E-state index contributed by atoms with van der Waals surface area (Å²) >= 11 is 1.68. The Kier molecular flexibility index (Phi) is 10.3. The van der Waals surface area contributed by atoms with Crippen LogP contribution >= 0.6 is 11.8 Å². The average Bonchev–Trinajstić information content (AvgIpc) is 3.30. The summed E-state index contributed by atoms with van der Waals surface area (Å²) in [4.78, 5) is 42.2. The van der Waals surface area contributed by atoms with E-state index in [2.05, 4.69) is 40.2 Å². The van der Waals surface area contributed by atoms with E-state index in [-0.39, 0.29) is 23.7 Å². The van der Waals surface area contributed by atoms with Gasteiger partial charge in [-0.3, -0.25) is 14.9 Å². The van der Waals surface area contributed by atoms with Gasteiger partial charge in [-0.2, -0.15) is 13.2 Å². The third kappa shape index (κ3) is 8.66. The number of halogens is 3. The van der Waals surface area contributed by atoms with Gasteiger partial charge >= 0.3 is 12.3 Å². The van der Waals surface area contributed by atoms with Crippen molar-refractivity contribution in [2.24, 2.45) is 0 Å². The molecule has 3 atom stereocenters. The number of ether oxygens (including phenoxy) is 1. The van der Waals surface area contributed by atoms with Crippen molar-refractivity contribution in [3.05, 3.63) is 59.2 Å². The number of alkyl halides is 3. The number of benzene rings is 2. The van der Waals surface area contributed by atoms with Crippen molar-refractivity contribution in [2.45, 2.75) is 94.2 Å². The first-order valence-corrected chi connectivity index (χ1v) is 15.7. The highest BCUT2D eigenvalue weighted by atomic mass is 32.2. The summed E-state index contributed by atoms with van der Waals surface area (Å²) in [5, 5.41) is 8.61. The molecule has 12 heteroatoms. The van der Waals surface area contributed by atoms with Crippen molar-refractivity contribution in [3.8, 4) is 0 Å². The monoisotopic (exact) mass is 620 g/mol. The predicted molar refractivity (Wildman–Crippen MR) is 160 cm³/mol. The fourth-order valence-corrected chi connectivity index (χ4v) is 5.96. The molecular formula is C31H39F3N4O4S. The normalized spacial score (nSPS) is 21.0. The van der Waals surface area contributed by atoms with Gasteiger partial charge in [-0.05, 0) is 82.2 Å². The highest BCUT2D eigenvalue weighted by Gasteiger charge is 2.41. The summed E-state index contributed by atoms with van der Waals surface area (Å²) in [6, 6.07) is 9.94. The van der Waals surface area contributed by atoms with Crippen LogP contribution in [-0.4, -0.2) is 59.3 Å². The smallest absolute Gasteiger partial charge is 0.416 e. The topological polar surface area (TPSA) is 99.8 Å². The lowest BCUT2D eigenvalue weighted by Crippen LogP contribution is -2.54. The molecule has 2 aromatic carbocycles. The number of hydrogen-bond donors (Lipinski definition) is 3. The fraction of sp³-hybridized carbons (Fsp3) is 0.516. The molecule has 2 aromatic rings. The van der Waals surface area contributed by atoms with Crippen LogP contribution in [0, 0.1) is 0 Å². The number of nitrogens with one attached hydrogen (secondary N) is 3. The zero-order valence-electron chi connectivity index (χ0n) is 24.8. The van der Waals surface area contributed by atoms with Gasteiger partial charge in [-0.15, -0.1) is 11.8 Å². The zero-order valence-corrected chi connectivity index (χ0v) is 25.7. The zero-order chi connectivity index (χ0) is 31.4. The lowest BCUT2D eigenvalue weighted by Gasteiger charge is -2.38. The highest BCUT2D eigenvalue weighted by molar-refractivity contribution is 7.98. The van der Waals surface area contributed by atoms with Crippen molar-refractivity contribution in [2.75, 3.05) is 18.1 Å². The number of hydrogen-bond acceptors (Lipinski definition) is 6. The van der Waals surface area contributed by atoms with Crippen molar-refractivity contribution in [1.82, 2.24) is 15.5 Å². The maximum absolute atomic E-state index is 13.5. The number of amides is 3. The van der Waals surface area contributed by atoms with Gasteiger partial charge in [0.05, 0.1) is 16.8 Å². The van der Waals surface area contributed by atoms with Gasteiger partial charge in [0.15, 0.2) is 0 Å². The Morgan fingerprint density at radius 1 is 1.02 bits per heavy atom. The third-order valence-corrected chi connectivity index (χ3v) is 8.37. The molecule has 43 heavy (non-hydrogen) atoms. The van der Waals surface area contributed by atoms with E-state index in [1.54, 1.807) is 37.4 Å². The predicted octanol–water partition coefficient (Wildman–Crippen LogP) is 6.21. The molecule has 1 aliphatic carbocycles. The maximum Gasteiger partial charge on any atom is 0.416 e. The van der Waals surface area contributed by atoms with E-state index in [4.69, 9.17) is 4.74 Å². The van der Waals surface area contributed by atoms with Crippen molar-refractivity contribution >= 4 is 35.4 Å². The second-order valence-electron chi connectivity index (χ2n) is 11.9. The van der Waals surface area contributed by atoms with E-state index >= 15 is 0 Å². The molecule has 1 saturated heterocycles. The summed E-state index contributed by atoms with van der Waals surface area (Å²) in [5.41, 5.74) is -1.31. The molecule has 2 aliphatic rings. The number of thioether (sulfide) groups is 1. The first-order chi connectivity index (χ1) is 20.2. The first kappa shape index (κ1) is 32.7. The maximum atomic E-state index is 13.5. The molecule has 0 unspecified atom stereocenters. The fourth-order valence-electron chi connectivity index (χ4n) is 5.55. The van der Waals surface area contributed by atoms with Gasteiger partial charge in [0.2, 0.25) is 5.91 Å². The Hall–Kier alpha value is -3.25. The van der Waals surface area contributed by atoms with Crippen LogP contribution in [0.5, 0.6) is 0 Å². The summed E-state index contributed by atoms with van der Waals surface area (Å²) in [6.45, 7) is 6.01. The van der Waals surface area contributed by atoms with Crippen LogP contribution in [0.1, 0.15) is 74.4 Å². The van der Waals surface area contributed by atoms with Gasteiger partial charge in [0.25, 0.3) is 5.91 Å². The largest absolute Gasteiger partial charge is 0.444 e. The molecule has 4 rings (SSSR count). The molecule has 1 saturated carbocycles. The number of anilines is 1. The van der Waals surface area contributed by atoms with Crippen LogP contribution in [0.4, 0.5) is 23.7 Å². The molecule has 3 N–H and O–H groups in total. The van der Waals surface area contributed by atoms with E-state index < -0.39 is 40.9 Å². The van der Waals surface area contributed by atoms with Crippen molar-refractivity contribution in [1.29, 1.82) is 0 Å². The average molecular weight is 621 g/mol. The van der Waals surface area contributed by atoms with Crippen LogP contribution in [0.3, 0.4) is 0 Å². The number of carbonyl (C=O) groups is 3. The molecule has 1 aliphatic heterocycles. The van der Waals surface area contributed by atoms with E-state index in [0.29, 0.717) is 25.6 Å². The Balaban J connectivity index is 1.45. The Morgan fingerprint density at radius 3 is 2.37 bits per heavy atom. The SMILES string of the molecule is CSc1ccc(CN[C@H]2CCCC[C@H]2N2CC[C@H](NC(=O)c3cc(C(F)(F)F)ccc3NC(=O)OC(C)(C)C)C2=O)cc1. The van der Waals surface area contributed by atoms with Gasteiger partial charge in [-0.1, -0.05) is 25.0 Å². The summed E-state index contributed by atoms with van der Waals surface area (Å²) in [6.07, 6.45) is 0.506. The second kappa shape index (κ2) is 13.6. The molecule has 0 radical (unpaired) electrons. The molecule has 0 spiro atoms. The molecule has 3 amide bonds. The molecule has 234 valence electrons. The molecular weight excluding hydrogens is 581 g/mol. The Bertz CT molecular complexity index is 1310. The number of nitrogens with zero attached hydrogens (tertiary/aromatic N) is 1. The summed E-state index contributed by atoms with van der Waals surface area (Å²) in [7, 11) is 0. The van der Waals surface area contributed by atoms with Crippen LogP contribution in [-0.2, 0) is 22.3 Å². The molecule has 0 aromatic heterocycles. The van der Waals surface area contributed by atoms with Gasteiger partial charge in [-0.25, -0.2) is 4.79 Å². The third-order valence-electron chi connectivity index (χ3n) is 7.63. The minimum atomic E-state index is -4.71. The van der Waals surface area contributed by atoms with E-state index in [1.165, 1.54) is 4.90 Å². The van der Waals surface area contributed by atoms with Crippen molar-refractivity contribution < 1.29 is 32.3 Å². The molecule has 2 fully saturated rings. The van der Waals surface area contributed by atoms with Crippen LogP contribution in [0.15, 0.2) is 47.4 Å². The van der Waals surface area contributed by atoms with E-state index in [1.807, 2.05) is 6.26 Å².